The van der Waals surface area contributed by atoms with Crippen LogP contribution < -0.4 is 0 Å². The average molecular weight is 291 g/mol. The molecule has 0 bridgehead atoms. The maximum Gasteiger partial charge on any atom is 0.257 e. The lowest BCUT2D eigenvalue weighted by atomic mass is 9.97. The van der Waals surface area contributed by atoms with Crippen molar-refractivity contribution in [3.05, 3.63) is 28.6 Å². The molecule has 2 aromatic heterocycles. The number of H-pyrrole nitrogens is 1. The van der Waals surface area contributed by atoms with Gasteiger partial charge in [0.15, 0.2) is 0 Å². The summed E-state index contributed by atoms with van der Waals surface area (Å²) in [6.07, 6.45) is 3.34. The van der Waals surface area contributed by atoms with E-state index in [9.17, 15) is 4.79 Å². The molecule has 0 aliphatic carbocycles. The van der Waals surface area contributed by atoms with E-state index < -0.39 is 0 Å². The number of nitrogens with zero attached hydrogens (tertiary/aromatic N) is 2. The summed E-state index contributed by atoms with van der Waals surface area (Å²) >= 11 is 1.60. The molecule has 0 saturated carbocycles. The molecule has 0 unspecified atom stereocenters. The lowest BCUT2D eigenvalue weighted by Crippen LogP contribution is -2.39. The van der Waals surface area contributed by atoms with E-state index in [1.807, 2.05) is 21.7 Å². The Labute approximate surface area is 121 Å². The molecule has 3 rings (SSSR count). The second-order valence-electron chi connectivity index (χ2n) is 5.09. The second-order valence-corrected chi connectivity index (χ2v) is 5.87. The van der Waals surface area contributed by atoms with Gasteiger partial charge in [-0.2, -0.15) is 16.4 Å². The first-order chi connectivity index (χ1) is 9.79. The number of thiophene rings is 1. The zero-order valence-electron chi connectivity index (χ0n) is 11.1. The number of aromatic amines is 1. The lowest BCUT2D eigenvalue weighted by molar-refractivity contribution is 0.0651. The van der Waals surface area contributed by atoms with Gasteiger partial charge in [0.1, 0.15) is 0 Å². The minimum absolute atomic E-state index is 0.0244. The molecule has 2 aromatic rings. The highest BCUT2D eigenvalue weighted by atomic mass is 32.1. The Morgan fingerprint density at radius 2 is 2.30 bits per heavy atom. The predicted molar refractivity (Wildman–Crippen MR) is 77.6 cm³/mol. The summed E-state index contributed by atoms with van der Waals surface area (Å²) in [5, 5.41) is 20.1. The van der Waals surface area contributed by atoms with E-state index in [-0.39, 0.29) is 12.5 Å². The Kier molecular flexibility index (Phi) is 3.84. The third-order valence-corrected chi connectivity index (χ3v) is 4.52. The number of nitrogens with one attached hydrogen (secondary N) is 1. The number of amides is 1. The number of rotatable bonds is 3. The second kappa shape index (κ2) is 5.76. The van der Waals surface area contributed by atoms with Gasteiger partial charge in [0.2, 0.25) is 0 Å². The van der Waals surface area contributed by atoms with Crippen LogP contribution >= 0.6 is 11.3 Å². The van der Waals surface area contributed by atoms with Crippen molar-refractivity contribution < 1.29 is 9.90 Å². The van der Waals surface area contributed by atoms with E-state index in [2.05, 4.69) is 10.2 Å². The number of carbonyl (C=O) groups is 1. The number of aromatic nitrogens is 2. The molecule has 1 saturated heterocycles. The molecule has 0 spiro atoms. The van der Waals surface area contributed by atoms with Crippen LogP contribution in [0.5, 0.6) is 0 Å². The average Bonchev–Trinajstić information content (AvgIpc) is 3.16. The molecule has 0 radical (unpaired) electrons. The van der Waals surface area contributed by atoms with Crippen LogP contribution in [-0.4, -0.2) is 45.8 Å². The van der Waals surface area contributed by atoms with E-state index in [4.69, 9.17) is 5.11 Å². The van der Waals surface area contributed by atoms with Crippen LogP contribution in [0.2, 0.25) is 0 Å². The van der Waals surface area contributed by atoms with Gasteiger partial charge in [0.05, 0.1) is 17.5 Å². The standard InChI is InChI=1S/C14H17N3O2S/c18-8-10-1-4-17(5-2-10)14(19)12-7-15-16-13(12)11-3-6-20-9-11/h3,6-7,9-10,18H,1-2,4-5,8H2,(H,15,16). The van der Waals surface area contributed by atoms with Crippen LogP contribution in [0, 0.1) is 5.92 Å². The summed E-state index contributed by atoms with van der Waals surface area (Å²) in [4.78, 5) is 14.4. The highest BCUT2D eigenvalue weighted by Gasteiger charge is 2.25. The van der Waals surface area contributed by atoms with Crippen molar-refractivity contribution in [3.8, 4) is 11.3 Å². The van der Waals surface area contributed by atoms with Crippen LogP contribution in [-0.2, 0) is 0 Å². The largest absolute Gasteiger partial charge is 0.396 e. The quantitative estimate of drug-likeness (QED) is 0.908. The first kappa shape index (κ1) is 13.3. The molecule has 3 heterocycles. The molecule has 1 aliphatic heterocycles. The zero-order chi connectivity index (χ0) is 13.9. The van der Waals surface area contributed by atoms with E-state index >= 15 is 0 Å². The van der Waals surface area contributed by atoms with Crippen molar-refractivity contribution in [1.82, 2.24) is 15.1 Å². The Morgan fingerprint density at radius 1 is 1.50 bits per heavy atom. The summed E-state index contributed by atoms with van der Waals surface area (Å²) in [7, 11) is 0. The molecule has 106 valence electrons. The molecule has 0 atom stereocenters. The van der Waals surface area contributed by atoms with Gasteiger partial charge in [-0.25, -0.2) is 0 Å². The Balaban J connectivity index is 1.77. The van der Waals surface area contributed by atoms with Gasteiger partial charge < -0.3 is 10.0 Å². The van der Waals surface area contributed by atoms with E-state index in [0.29, 0.717) is 24.6 Å². The predicted octanol–water partition coefficient (Wildman–Crippen LogP) is 1.98. The fourth-order valence-electron chi connectivity index (χ4n) is 2.56. The van der Waals surface area contributed by atoms with E-state index in [1.165, 1.54) is 0 Å². The van der Waals surface area contributed by atoms with Crippen LogP contribution in [0.3, 0.4) is 0 Å². The fraction of sp³-hybridized carbons (Fsp3) is 0.429. The van der Waals surface area contributed by atoms with Crippen LogP contribution in [0.1, 0.15) is 23.2 Å². The first-order valence-electron chi connectivity index (χ1n) is 6.75. The maximum absolute atomic E-state index is 12.6. The van der Waals surface area contributed by atoms with Crippen molar-refractivity contribution in [2.24, 2.45) is 5.92 Å². The minimum atomic E-state index is 0.0244. The molecular weight excluding hydrogens is 274 g/mol. The Morgan fingerprint density at radius 3 is 2.95 bits per heavy atom. The molecular formula is C14H17N3O2S. The first-order valence-corrected chi connectivity index (χ1v) is 7.70. The monoisotopic (exact) mass is 291 g/mol. The number of piperidine rings is 1. The fourth-order valence-corrected chi connectivity index (χ4v) is 3.21. The van der Waals surface area contributed by atoms with Gasteiger partial charge in [0.25, 0.3) is 5.91 Å². The normalized spacial score (nSPS) is 16.6. The third kappa shape index (κ3) is 2.48. The van der Waals surface area contributed by atoms with Gasteiger partial charge in [-0.3, -0.25) is 9.89 Å². The van der Waals surface area contributed by atoms with Gasteiger partial charge in [-0.1, -0.05) is 0 Å². The van der Waals surface area contributed by atoms with Crippen LogP contribution in [0.4, 0.5) is 0 Å². The number of hydrogen-bond donors (Lipinski definition) is 2. The van der Waals surface area contributed by atoms with Gasteiger partial charge >= 0.3 is 0 Å². The van der Waals surface area contributed by atoms with Crippen LogP contribution in [0.15, 0.2) is 23.0 Å². The number of carbonyl (C=O) groups excluding carboxylic acids is 1. The number of aliphatic hydroxyl groups excluding tert-OH is 1. The molecule has 20 heavy (non-hydrogen) atoms. The van der Waals surface area contributed by atoms with Gasteiger partial charge in [-0.15, -0.1) is 0 Å². The topological polar surface area (TPSA) is 69.2 Å². The lowest BCUT2D eigenvalue weighted by Gasteiger charge is -2.31. The van der Waals surface area contributed by atoms with E-state index in [0.717, 1.165) is 24.1 Å². The van der Waals surface area contributed by atoms with E-state index in [1.54, 1.807) is 17.5 Å². The zero-order valence-corrected chi connectivity index (χ0v) is 11.9. The van der Waals surface area contributed by atoms with Crippen molar-refractivity contribution in [2.75, 3.05) is 19.7 Å². The SMILES string of the molecule is O=C(c1cn[nH]c1-c1ccsc1)N1CCC(CO)CC1. The maximum atomic E-state index is 12.6. The Hall–Kier alpha value is -1.66. The molecule has 5 nitrogen and oxygen atoms in total. The van der Waals surface area contributed by atoms with Gasteiger partial charge in [-0.05, 0) is 30.2 Å². The number of hydrogen-bond acceptors (Lipinski definition) is 4. The third-order valence-electron chi connectivity index (χ3n) is 3.84. The van der Waals surface area contributed by atoms with Crippen LogP contribution in [0.25, 0.3) is 11.3 Å². The molecule has 0 aromatic carbocycles. The minimum Gasteiger partial charge on any atom is -0.396 e. The smallest absolute Gasteiger partial charge is 0.257 e. The molecule has 2 N–H and O–H groups in total. The molecule has 1 fully saturated rings. The molecule has 1 amide bonds. The summed E-state index contributed by atoms with van der Waals surface area (Å²) in [5.41, 5.74) is 2.42. The summed E-state index contributed by atoms with van der Waals surface area (Å²) < 4.78 is 0. The van der Waals surface area contributed by atoms with Crippen molar-refractivity contribution in [3.63, 3.8) is 0 Å². The number of aliphatic hydroxyl groups is 1. The molecule has 1 aliphatic rings. The Bertz CT molecular complexity index is 571. The van der Waals surface area contributed by atoms with Crippen molar-refractivity contribution in [2.45, 2.75) is 12.8 Å². The summed E-state index contributed by atoms with van der Waals surface area (Å²) in [6, 6.07) is 1.98. The summed E-state index contributed by atoms with van der Waals surface area (Å²) in [6.45, 7) is 1.63. The summed E-state index contributed by atoms with van der Waals surface area (Å²) in [5.74, 6) is 0.357. The van der Waals surface area contributed by atoms with Gasteiger partial charge in [0, 0.05) is 30.6 Å². The number of likely N-dealkylation sites (tertiary alicyclic amines) is 1. The highest BCUT2D eigenvalue weighted by molar-refractivity contribution is 7.08. The molecule has 6 heteroatoms. The van der Waals surface area contributed by atoms with Crippen molar-refractivity contribution in [1.29, 1.82) is 0 Å². The highest BCUT2D eigenvalue weighted by Crippen LogP contribution is 2.26. The van der Waals surface area contributed by atoms with Crippen molar-refractivity contribution >= 4 is 17.2 Å².